The van der Waals surface area contributed by atoms with Gasteiger partial charge in [0.1, 0.15) is 0 Å². The number of rotatable bonds is 4. The maximum Gasteiger partial charge on any atom is 0.323 e. The van der Waals surface area contributed by atoms with Crippen molar-refractivity contribution in [1.29, 1.82) is 0 Å². The third-order valence-corrected chi connectivity index (χ3v) is 3.73. The molecule has 0 aromatic rings. The van der Waals surface area contributed by atoms with E-state index in [-0.39, 0.29) is 0 Å². The third kappa shape index (κ3) is 3.42. The number of hydrazine groups is 1. The highest BCUT2D eigenvalue weighted by Crippen LogP contribution is 2.01. The van der Waals surface area contributed by atoms with E-state index >= 15 is 0 Å². The first-order valence-electron chi connectivity index (χ1n) is 4.50. The lowest BCUT2D eigenvalue weighted by atomic mass is 10.5. The molecule has 1 atom stereocenters. The van der Waals surface area contributed by atoms with Crippen LogP contribution in [0.1, 0.15) is 6.92 Å². The minimum Gasteiger partial charge on any atom is -0.480 e. The number of aliphatic carboxylic acids is 1. The Hall–Kier alpha value is -0.700. The third-order valence-electron chi connectivity index (χ3n) is 2.08. The summed E-state index contributed by atoms with van der Waals surface area (Å²) in [6.45, 7) is 2.84. The summed E-state index contributed by atoms with van der Waals surface area (Å²) in [4.78, 5) is 12.7. The molecule has 1 rings (SSSR count). The molecule has 15 heavy (non-hydrogen) atoms. The number of hydrogen-bond acceptors (Lipinski definition) is 5. The summed E-state index contributed by atoms with van der Waals surface area (Å²) in [5.74, 6) is -1.37. The van der Waals surface area contributed by atoms with Gasteiger partial charge in [-0.2, -0.15) is 0 Å². The fraction of sp³-hybridized carbons (Fsp3) is 0.857. The Morgan fingerprint density at radius 1 is 1.47 bits per heavy atom. The molecule has 88 valence electrons. The Balaban J connectivity index is 2.58. The lowest BCUT2D eigenvalue weighted by Crippen LogP contribution is -2.51. The first kappa shape index (κ1) is 12.4. The first-order chi connectivity index (χ1) is 6.93. The van der Waals surface area contributed by atoms with Crippen molar-refractivity contribution in [2.75, 3.05) is 26.3 Å². The largest absolute Gasteiger partial charge is 0.480 e. The maximum atomic E-state index is 11.5. The van der Waals surface area contributed by atoms with Crippen LogP contribution < -0.4 is 4.83 Å². The van der Waals surface area contributed by atoms with Gasteiger partial charge in [-0.25, -0.2) is 13.4 Å². The van der Waals surface area contributed by atoms with Crippen LogP contribution in [0.4, 0.5) is 0 Å². The first-order valence-corrected chi connectivity index (χ1v) is 6.05. The number of nitrogens with zero attached hydrogens (tertiary/aromatic N) is 1. The summed E-state index contributed by atoms with van der Waals surface area (Å²) >= 11 is 0. The van der Waals surface area contributed by atoms with Gasteiger partial charge < -0.3 is 9.84 Å². The SMILES string of the molecule is CC(C(=O)O)S(=O)(=O)NN1CCOCC1. The normalized spacial score (nSPS) is 21.1. The molecular weight excluding hydrogens is 224 g/mol. The maximum absolute atomic E-state index is 11.5. The molecule has 7 nitrogen and oxygen atoms in total. The Morgan fingerprint density at radius 2 is 2.00 bits per heavy atom. The van der Waals surface area contributed by atoms with Crippen molar-refractivity contribution >= 4 is 16.0 Å². The predicted octanol–water partition coefficient (Wildman–Crippen LogP) is -1.37. The molecular formula is C7H14N2O5S. The van der Waals surface area contributed by atoms with Crippen molar-refractivity contribution in [3.8, 4) is 0 Å². The number of ether oxygens (including phenoxy) is 1. The van der Waals surface area contributed by atoms with Crippen molar-refractivity contribution in [2.45, 2.75) is 12.2 Å². The van der Waals surface area contributed by atoms with Crippen LogP contribution in [0.2, 0.25) is 0 Å². The van der Waals surface area contributed by atoms with Gasteiger partial charge in [0.2, 0.25) is 10.0 Å². The number of carboxylic acids is 1. The lowest BCUT2D eigenvalue weighted by Gasteiger charge is -2.27. The van der Waals surface area contributed by atoms with Crippen LogP contribution in [0.25, 0.3) is 0 Å². The van der Waals surface area contributed by atoms with Crippen LogP contribution >= 0.6 is 0 Å². The molecule has 1 aliphatic rings. The number of sulfonamides is 1. The summed E-state index contributed by atoms with van der Waals surface area (Å²) < 4.78 is 28.0. The molecule has 0 radical (unpaired) electrons. The van der Waals surface area contributed by atoms with Gasteiger partial charge in [0, 0.05) is 13.1 Å². The summed E-state index contributed by atoms with van der Waals surface area (Å²) in [7, 11) is -3.84. The van der Waals surface area contributed by atoms with Crippen LogP contribution in [-0.2, 0) is 19.6 Å². The van der Waals surface area contributed by atoms with E-state index in [1.165, 1.54) is 5.01 Å². The summed E-state index contributed by atoms with van der Waals surface area (Å²) in [5, 5.41) is 8.57. The van der Waals surface area contributed by atoms with Gasteiger partial charge in [-0.15, -0.1) is 4.83 Å². The molecule has 0 aromatic heterocycles. The number of carbonyl (C=O) groups is 1. The Labute approximate surface area is 88.0 Å². The summed E-state index contributed by atoms with van der Waals surface area (Å²) in [6, 6.07) is 0. The van der Waals surface area contributed by atoms with Crippen LogP contribution in [0, 0.1) is 0 Å². The Bertz CT molecular complexity index is 322. The van der Waals surface area contributed by atoms with Gasteiger partial charge in [-0.1, -0.05) is 0 Å². The molecule has 1 aliphatic heterocycles. The molecule has 8 heteroatoms. The Kier molecular flexibility index (Phi) is 4.03. The quantitative estimate of drug-likeness (QED) is 0.627. The molecule has 0 amide bonds. The van der Waals surface area contributed by atoms with Gasteiger partial charge in [-0.3, -0.25) is 4.79 Å². The van der Waals surface area contributed by atoms with Crippen molar-refractivity contribution < 1.29 is 23.1 Å². The molecule has 0 bridgehead atoms. The lowest BCUT2D eigenvalue weighted by molar-refractivity contribution is -0.136. The minimum atomic E-state index is -3.84. The second kappa shape index (κ2) is 4.88. The molecule has 1 heterocycles. The highest BCUT2D eigenvalue weighted by atomic mass is 32.2. The van der Waals surface area contributed by atoms with E-state index in [9.17, 15) is 13.2 Å². The van der Waals surface area contributed by atoms with E-state index < -0.39 is 21.2 Å². The zero-order valence-electron chi connectivity index (χ0n) is 8.34. The predicted molar refractivity (Wildman–Crippen MR) is 51.5 cm³/mol. The van der Waals surface area contributed by atoms with E-state index in [0.29, 0.717) is 26.3 Å². The highest BCUT2D eigenvalue weighted by molar-refractivity contribution is 7.90. The van der Waals surface area contributed by atoms with E-state index in [2.05, 4.69) is 4.83 Å². The van der Waals surface area contributed by atoms with Gasteiger partial charge in [0.05, 0.1) is 13.2 Å². The van der Waals surface area contributed by atoms with Gasteiger partial charge in [0.15, 0.2) is 5.25 Å². The van der Waals surface area contributed by atoms with Crippen molar-refractivity contribution in [3.63, 3.8) is 0 Å². The van der Waals surface area contributed by atoms with Gasteiger partial charge >= 0.3 is 5.97 Å². The van der Waals surface area contributed by atoms with E-state index in [1.54, 1.807) is 0 Å². The van der Waals surface area contributed by atoms with Gasteiger partial charge in [0.25, 0.3) is 0 Å². The standard InChI is InChI=1S/C7H14N2O5S/c1-6(7(10)11)15(12,13)8-9-2-4-14-5-3-9/h6,8H,2-5H2,1H3,(H,10,11). The molecule has 1 fully saturated rings. The average Bonchev–Trinajstić information content (AvgIpc) is 2.17. The summed E-state index contributed by atoms with van der Waals surface area (Å²) in [5.41, 5.74) is 0. The molecule has 1 unspecified atom stereocenters. The second-order valence-corrected chi connectivity index (χ2v) is 5.20. The van der Waals surface area contributed by atoms with Crippen LogP contribution in [-0.4, -0.2) is 56.1 Å². The number of nitrogens with one attached hydrogen (secondary N) is 1. The van der Waals surface area contributed by atoms with E-state index in [4.69, 9.17) is 9.84 Å². The number of morpholine rings is 1. The van der Waals surface area contributed by atoms with E-state index in [1.807, 2.05) is 0 Å². The number of hydrogen-bond donors (Lipinski definition) is 2. The van der Waals surface area contributed by atoms with E-state index in [0.717, 1.165) is 6.92 Å². The smallest absolute Gasteiger partial charge is 0.323 e. The number of carboxylic acid groups (broad SMARTS) is 1. The highest BCUT2D eigenvalue weighted by Gasteiger charge is 2.29. The molecule has 2 N–H and O–H groups in total. The van der Waals surface area contributed by atoms with Crippen molar-refractivity contribution in [2.24, 2.45) is 0 Å². The second-order valence-electron chi connectivity index (χ2n) is 3.22. The zero-order chi connectivity index (χ0) is 11.5. The molecule has 1 saturated heterocycles. The molecule has 0 aliphatic carbocycles. The molecule has 0 spiro atoms. The van der Waals surface area contributed by atoms with Crippen molar-refractivity contribution in [1.82, 2.24) is 9.84 Å². The van der Waals surface area contributed by atoms with Crippen LogP contribution in [0.5, 0.6) is 0 Å². The fourth-order valence-electron chi connectivity index (χ4n) is 1.05. The Morgan fingerprint density at radius 3 is 2.47 bits per heavy atom. The molecule has 0 aromatic carbocycles. The van der Waals surface area contributed by atoms with Gasteiger partial charge in [-0.05, 0) is 6.92 Å². The zero-order valence-corrected chi connectivity index (χ0v) is 9.16. The van der Waals surface area contributed by atoms with Crippen molar-refractivity contribution in [3.05, 3.63) is 0 Å². The van der Waals surface area contributed by atoms with Crippen LogP contribution in [0.15, 0.2) is 0 Å². The van der Waals surface area contributed by atoms with Crippen LogP contribution in [0.3, 0.4) is 0 Å². The average molecular weight is 238 g/mol. The minimum absolute atomic E-state index is 0.422. The fourth-order valence-corrected chi connectivity index (χ4v) is 2.01. The topological polar surface area (TPSA) is 95.9 Å². The monoisotopic (exact) mass is 238 g/mol. The summed E-state index contributed by atoms with van der Waals surface area (Å²) in [6.07, 6.45) is 0. The molecule has 0 saturated carbocycles.